The standard InChI is InChI=1S/C25H16F6N4/c1-15(9-10-21(33-2)24(26,27)28)20-13-22(25(29,30)31)35-23(34-20)19-8-4-7-18(12-19)17-6-3-5-16(11-17)14-32/h3-13H,2H2,1H3/b15-9+,21-10-. The Labute approximate surface area is 196 Å². The second-order valence-electron chi connectivity index (χ2n) is 7.29. The van der Waals surface area contributed by atoms with Gasteiger partial charge in [0, 0.05) is 5.56 Å². The minimum absolute atomic E-state index is 0.0300. The molecule has 0 unspecified atom stereocenters. The normalized spacial score (nSPS) is 12.9. The number of aromatic nitrogens is 2. The fourth-order valence-corrected chi connectivity index (χ4v) is 3.06. The molecule has 0 saturated carbocycles. The van der Waals surface area contributed by atoms with Crippen LogP contribution in [0.25, 0.3) is 28.1 Å². The number of benzene rings is 2. The van der Waals surface area contributed by atoms with Gasteiger partial charge in [-0.3, -0.25) is 4.99 Å². The Morgan fingerprint density at radius 3 is 2.14 bits per heavy atom. The lowest BCUT2D eigenvalue weighted by Crippen LogP contribution is -2.11. The molecule has 10 heteroatoms. The molecule has 0 aliphatic carbocycles. The molecule has 35 heavy (non-hydrogen) atoms. The molecule has 0 bridgehead atoms. The van der Waals surface area contributed by atoms with E-state index in [1.807, 2.05) is 6.07 Å². The van der Waals surface area contributed by atoms with Gasteiger partial charge in [0.25, 0.3) is 0 Å². The second-order valence-corrected chi connectivity index (χ2v) is 7.29. The summed E-state index contributed by atoms with van der Waals surface area (Å²) in [5, 5.41) is 9.11. The molecule has 1 heterocycles. The van der Waals surface area contributed by atoms with E-state index in [0.717, 1.165) is 6.08 Å². The first kappa shape index (κ1) is 25.4. The Kier molecular flexibility index (Phi) is 7.20. The van der Waals surface area contributed by atoms with Gasteiger partial charge in [-0.15, -0.1) is 0 Å². The summed E-state index contributed by atoms with van der Waals surface area (Å²) >= 11 is 0. The van der Waals surface area contributed by atoms with Crippen LogP contribution >= 0.6 is 0 Å². The van der Waals surface area contributed by atoms with Gasteiger partial charge < -0.3 is 0 Å². The molecule has 0 saturated heterocycles. The van der Waals surface area contributed by atoms with E-state index < -0.39 is 23.7 Å². The van der Waals surface area contributed by atoms with E-state index in [1.54, 1.807) is 42.5 Å². The molecule has 0 aliphatic rings. The summed E-state index contributed by atoms with van der Waals surface area (Å²) in [6.07, 6.45) is -8.01. The number of rotatable bonds is 5. The maximum absolute atomic E-state index is 13.6. The molecule has 0 radical (unpaired) electrons. The monoisotopic (exact) mass is 486 g/mol. The summed E-state index contributed by atoms with van der Waals surface area (Å²) in [7, 11) is 0. The number of hydrogen-bond donors (Lipinski definition) is 0. The van der Waals surface area contributed by atoms with Crippen molar-refractivity contribution in [3.8, 4) is 28.6 Å². The zero-order valence-corrected chi connectivity index (χ0v) is 18.1. The van der Waals surface area contributed by atoms with Crippen LogP contribution in [0.5, 0.6) is 0 Å². The maximum atomic E-state index is 13.6. The summed E-state index contributed by atoms with van der Waals surface area (Å²) < 4.78 is 79.3. The molecule has 178 valence electrons. The average Bonchev–Trinajstić information content (AvgIpc) is 2.82. The van der Waals surface area contributed by atoms with Crippen LogP contribution in [0.3, 0.4) is 0 Å². The van der Waals surface area contributed by atoms with Crippen LogP contribution < -0.4 is 0 Å². The van der Waals surface area contributed by atoms with Crippen LogP contribution in [-0.4, -0.2) is 22.9 Å². The van der Waals surface area contributed by atoms with E-state index in [0.29, 0.717) is 28.8 Å². The van der Waals surface area contributed by atoms with Gasteiger partial charge in [0.05, 0.1) is 17.3 Å². The fourth-order valence-electron chi connectivity index (χ4n) is 3.06. The topological polar surface area (TPSA) is 61.9 Å². The molecule has 0 aliphatic heterocycles. The highest BCUT2D eigenvalue weighted by Gasteiger charge is 2.34. The van der Waals surface area contributed by atoms with Crippen molar-refractivity contribution in [2.45, 2.75) is 19.3 Å². The maximum Gasteiger partial charge on any atom is 0.433 e. The van der Waals surface area contributed by atoms with E-state index in [2.05, 4.69) is 21.7 Å². The minimum Gasteiger partial charge on any atom is -0.260 e. The van der Waals surface area contributed by atoms with Crippen molar-refractivity contribution in [3.05, 3.63) is 89.4 Å². The van der Waals surface area contributed by atoms with E-state index in [9.17, 15) is 26.3 Å². The van der Waals surface area contributed by atoms with Gasteiger partial charge in [0.1, 0.15) is 11.4 Å². The van der Waals surface area contributed by atoms with Crippen molar-refractivity contribution < 1.29 is 26.3 Å². The van der Waals surface area contributed by atoms with Crippen LogP contribution in [0, 0.1) is 11.3 Å². The quantitative estimate of drug-likeness (QED) is 0.217. The van der Waals surface area contributed by atoms with Gasteiger partial charge in [-0.05, 0) is 60.7 Å². The summed E-state index contributed by atoms with van der Waals surface area (Å²) in [4.78, 5) is 10.7. The molecule has 3 aromatic rings. The Morgan fingerprint density at radius 1 is 0.914 bits per heavy atom. The third-order valence-electron chi connectivity index (χ3n) is 4.82. The fraction of sp³-hybridized carbons (Fsp3) is 0.120. The summed E-state index contributed by atoms with van der Waals surface area (Å²) in [5.41, 5.74) is -0.780. The molecule has 3 rings (SSSR count). The second kappa shape index (κ2) is 9.93. The lowest BCUT2D eigenvalue weighted by molar-refractivity contribution is -0.141. The molecule has 0 amide bonds. The van der Waals surface area contributed by atoms with Gasteiger partial charge in [0.2, 0.25) is 0 Å². The molecule has 4 nitrogen and oxygen atoms in total. The van der Waals surface area contributed by atoms with E-state index in [1.165, 1.54) is 13.0 Å². The van der Waals surface area contributed by atoms with Crippen LogP contribution in [0.4, 0.5) is 26.3 Å². The van der Waals surface area contributed by atoms with E-state index in [-0.39, 0.29) is 22.7 Å². The van der Waals surface area contributed by atoms with Crippen molar-refractivity contribution in [1.82, 2.24) is 9.97 Å². The van der Waals surface area contributed by atoms with Gasteiger partial charge >= 0.3 is 12.4 Å². The smallest absolute Gasteiger partial charge is 0.260 e. The molecule has 1 aromatic heterocycles. The average molecular weight is 486 g/mol. The molecule has 2 aromatic carbocycles. The first-order valence-electron chi connectivity index (χ1n) is 9.92. The minimum atomic E-state index is -4.82. The number of nitriles is 1. The van der Waals surface area contributed by atoms with E-state index >= 15 is 0 Å². The molecule has 0 atom stereocenters. The van der Waals surface area contributed by atoms with Gasteiger partial charge in [0.15, 0.2) is 5.82 Å². The highest BCUT2D eigenvalue weighted by molar-refractivity contribution is 5.72. The van der Waals surface area contributed by atoms with Crippen molar-refractivity contribution in [2.24, 2.45) is 4.99 Å². The van der Waals surface area contributed by atoms with Gasteiger partial charge in [-0.2, -0.15) is 31.6 Å². The Balaban J connectivity index is 2.13. The first-order valence-corrected chi connectivity index (χ1v) is 9.92. The highest BCUT2D eigenvalue weighted by Crippen LogP contribution is 2.33. The van der Waals surface area contributed by atoms with E-state index in [4.69, 9.17) is 5.26 Å². The van der Waals surface area contributed by atoms with Crippen molar-refractivity contribution in [1.29, 1.82) is 5.26 Å². The van der Waals surface area contributed by atoms with Crippen molar-refractivity contribution in [2.75, 3.05) is 0 Å². The third-order valence-corrected chi connectivity index (χ3v) is 4.82. The Bertz CT molecular complexity index is 1360. The molecular formula is C25H16F6N4. The zero-order valence-electron chi connectivity index (χ0n) is 18.1. The summed E-state index contributed by atoms with van der Waals surface area (Å²) in [6.45, 7) is 4.19. The number of allylic oxidation sites excluding steroid dienone is 4. The number of halogens is 6. The van der Waals surface area contributed by atoms with Crippen LogP contribution in [0.2, 0.25) is 0 Å². The van der Waals surface area contributed by atoms with Crippen LogP contribution in [0.1, 0.15) is 23.9 Å². The van der Waals surface area contributed by atoms with Crippen molar-refractivity contribution >= 4 is 12.3 Å². The predicted octanol–water partition coefficient (Wildman–Crippen LogP) is 7.25. The number of nitrogens with zero attached hydrogens (tertiary/aromatic N) is 4. The largest absolute Gasteiger partial charge is 0.433 e. The lowest BCUT2D eigenvalue weighted by Gasteiger charge is -2.12. The Hall–Kier alpha value is -4.26. The van der Waals surface area contributed by atoms with Gasteiger partial charge in [-0.25, -0.2) is 9.97 Å². The van der Waals surface area contributed by atoms with Gasteiger partial charge in [-0.1, -0.05) is 36.4 Å². The highest BCUT2D eigenvalue weighted by atomic mass is 19.4. The first-order chi connectivity index (χ1) is 16.4. The Morgan fingerprint density at radius 2 is 1.54 bits per heavy atom. The number of aliphatic imine (C=N–C) groups is 1. The predicted molar refractivity (Wildman–Crippen MR) is 120 cm³/mol. The van der Waals surface area contributed by atoms with Crippen LogP contribution in [-0.2, 0) is 6.18 Å². The van der Waals surface area contributed by atoms with Crippen molar-refractivity contribution in [3.63, 3.8) is 0 Å². The summed E-state index contributed by atoms with van der Waals surface area (Å²) in [5.74, 6) is -0.261. The molecule has 0 fully saturated rings. The number of alkyl halides is 6. The van der Waals surface area contributed by atoms with Crippen LogP contribution in [0.15, 0.2) is 77.4 Å². The molecular weight excluding hydrogens is 470 g/mol. The molecule has 0 spiro atoms. The lowest BCUT2D eigenvalue weighted by atomic mass is 10.0. The third kappa shape index (κ3) is 6.20. The summed E-state index contributed by atoms with van der Waals surface area (Å²) in [6, 6.07) is 15.7. The zero-order chi connectivity index (χ0) is 25.8. The molecule has 0 N–H and O–H groups in total. The SMILES string of the molecule is C=N/C(=C\C=C(/C)c1cc(C(F)(F)F)nc(-c2cccc(-c3cccc(C#N)c3)c2)n1)C(F)(F)F. The number of hydrogen-bond acceptors (Lipinski definition) is 4.